The normalized spacial score (nSPS) is 5.25. The Morgan fingerprint density at radius 2 is 1.62 bits per heavy atom. The van der Waals surface area contributed by atoms with Crippen molar-refractivity contribution in [1.82, 2.24) is 0 Å². The van der Waals surface area contributed by atoms with Crippen molar-refractivity contribution in [2.75, 3.05) is 6.61 Å². The molecule has 0 bridgehead atoms. The summed E-state index contributed by atoms with van der Waals surface area (Å²) in [5, 5.41) is 9.53. The minimum absolute atomic E-state index is 0. The van der Waals surface area contributed by atoms with Crippen molar-refractivity contribution in [1.29, 1.82) is 0 Å². The molecule has 0 saturated heterocycles. The van der Waals surface area contributed by atoms with E-state index in [1.54, 1.807) is 0 Å². The van der Waals surface area contributed by atoms with Gasteiger partial charge in [0, 0.05) is 0 Å². The summed E-state index contributed by atoms with van der Waals surface area (Å²) >= 11 is 0. The zero-order valence-electron chi connectivity index (χ0n) is 4.79. The minimum atomic E-state index is 0. The number of hydrogen-bond donors (Lipinski definition) is 0. The molecule has 4 heteroatoms. The average Bonchev–Trinajstić information content (AvgIpc) is 1.41. The number of rotatable bonds is 2. The Balaban J connectivity index is -0.0000000267. The van der Waals surface area contributed by atoms with Gasteiger partial charge in [0.15, 0.2) is 0 Å². The third-order valence-corrected chi connectivity index (χ3v) is 0.498. The second-order valence-corrected chi connectivity index (χ2v) is 1.06. The minimum Gasteiger partial charge on any atom is -1.00 e. The van der Waals surface area contributed by atoms with E-state index in [1.807, 2.05) is 6.92 Å². The Morgan fingerprint density at radius 1 is 1.25 bits per heavy atom. The van der Waals surface area contributed by atoms with E-state index in [4.69, 9.17) is 0 Å². The van der Waals surface area contributed by atoms with Crippen LogP contribution in [0.4, 0.5) is 0 Å². The maximum Gasteiger partial charge on any atom is 3.00 e. The Hall–Kier alpha value is 1.25. The summed E-state index contributed by atoms with van der Waals surface area (Å²) in [6, 6.07) is 0. The van der Waals surface area contributed by atoms with Gasteiger partial charge in [0.25, 0.3) is 0 Å². The van der Waals surface area contributed by atoms with Crippen LogP contribution in [0.2, 0.25) is 0 Å². The van der Waals surface area contributed by atoms with Gasteiger partial charge in [-0.3, -0.25) is 0 Å². The van der Waals surface area contributed by atoms with Crippen LogP contribution in [0.15, 0.2) is 0 Å². The predicted molar refractivity (Wildman–Crippen MR) is 19.8 cm³/mol. The van der Waals surface area contributed by atoms with E-state index in [2.05, 4.69) is 0 Å². The van der Waals surface area contributed by atoms with E-state index in [-0.39, 0.29) is 53.1 Å². The molecule has 0 saturated carbocycles. The van der Waals surface area contributed by atoms with Crippen LogP contribution in [0.5, 0.6) is 0 Å². The van der Waals surface area contributed by atoms with Gasteiger partial charge in [0.2, 0.25) is 0 Å². The molecule has 0 aromatic heterocycles. The van der Waals surface area contributed by atoms with Gasteiger partial charge in [-0.1, -0.05) is 19.8 Å². The van der Waals surface area contributed by atoms with Crippen LogP contribution in [-0.4, -0.2) is 6.61 Å². The van der Waals surface area contributed by atoms with Crippen molar-refractivity contribution in [3.8, 4) is 0 Å². The summed E-state index contributed by atoms with van der Waals surface area (Å²) in [6.45, 7) is 2.11. The molecule has 0 aliphatic heterocycles. The van der Waals surface area contributed by atoms with Crippen molar-refractivity contribution < 1.29 is 51.6 Å². The maximum atomic E-state index is 9.53. The topological polar surface area (TPSA) is 23.1 Å². The Bertz CT molecular complexity index is 21.5. The average molecular weight is 192 g/mol. The fraction of sp³-hybridized carbons (Fsp3) is 1.00. The van der Waals surface area contributed by atoms with Gasteiger partial charge >= 0.3 is 21.7 Å². The van der Waals surface area contributed by atoms with Crippen LogP contribution in [0, 0.1) is 0 Å². The van der Waals surface area contributed by atoms with E-state index < -0.39 is 0 Å². The molecular weight excluding hydrogens is 183 g/mol. The largest absolute Gasteiger partial charge is 3.00 e. The first kappa shape index (κ1) is 22.8. The first-order valence-corrected chi connectivity index (χ1v) is 2.00. The number of hydrogen-bond acceptors (Lipinski definition) is 1. The summed E-state index contributed by atoms with van der Waals surface area (Å²) in [4.78, 5) is 0. The monoisotopic (exact) mass is 191 g/mol. The molecule has 0 fully saturated rings. The molecule has 0 atom stereocenters. The molecule has 1 nitrogen and oxygen atoms in total. The van der Waals surface area contributed by atoms with Crippen LogP contribution in [-0.2, 0) is 21.7 Å². The van der Waals surface area contributed by atoms with Crippen LogP contribution in [0.1, 0.15) is 19.8 Å². The number of unbranched alkanes of at least 4 members (excludes halogenated alkanes) is 1. The van der Waals surface area contributed by atoms with Crippen LogP contribution in [0.25, 0.3) is 0 Å². The molecule has 0 aliphatic rings. The molecule has 8 heavy (non-hydrogen) atoms. The fourth-order valence-corrected chi connectivity index (χ4v) is 0.144. The third kappa shape index (κ3) is 26.8. The second kappa shape index (κ2) is 24.0. The molecule has 0 rings (SSSR count). The Labute approximate surface area is 77.9 Å². The molecular formula is C4H9Cl2OTi. The fourth-order valence-electron chi connectivity index (χ4n) is 0.144. The zero-order valence-corrected chi connectivity index (χ0v) is 7.86. The number of halogens is 2. The molecule has 0 spiro atoms. The van der Waals surface area contributed by atoms with Gasteiger partial charge < -0.3 is 29.9 Å². The molecule has 0 unspecified atom stereocenters. The molecule has 49 valence electrons. The summed E-state index contributed by atoms with van der Waals surface area (Å²) in [5.74, 6) is 0. The van der Waals surface area contributed by atoms with Crippen molar-refractivity contribution in [3.63, 3.8) is 0 Å². The molecule has 0 N–H and O–H groups in total. The summed E-state index contributed by atoms with van der Waals surface area (Å²) < 4.78 is 0. The van der Waals surface area contributed by atoms with Gasteiger partial charge in [-0.25, -0.2) is 0 Å². The van der Waals surface area contributed by atoms with Crippen LogP contribution in [0.3, 0.4) is 0 Å². The third-order valence-electron chi connectivity index (χ3n) is 0.498. The van der Waals surface area contributed by atoms with Crippen LogP contribution < -0.4 is 29.9 Å². The van der Waals surface area contributed by atoms with E-state index >= 15 is 0 Å². The molecule has 0 amide bonds. The van der Waals surface area contributed by atoms with Gasteiger partial charge in [0.1, 0.15) is 0 Å². The standard InChI is InChI=1S/C4H9O.2ClH.Ti/c1-2-3-4-5;;;/h2-4H2,1H3;2*1H;/q-1;;;+3/p-2. The van der Waals surface area contributed by atoms with Crippen LogP contribution >= 0.6 is 0 Å². The van der Waals surface area contributed by atoms with Gasteiger partial charge in [-0.05, 0) is 0 Å². The molecule has 0 aliphatic carbocycles. The molecule has 1 radical (unpaired) electrons. The van der Waals surface area contributed by atoms with Crippen molar-refractivity contribution in [3.05, 3.63) is 0 Å². The molecule has 0 aromatic rings. The Kier molecular flexibility index (Phi) is 68.5. The summed E-state index contributed by atoms with van der Waals surface area (Å²) in [7, 11) is 0. The maximum absolute atomic E-state index is 9.53. The quantitative estimate of drug-likeness (QED) is 0.399. The van der Waals surface area contributed by atoms with Crippen molar-refractivity contribution >= 4 is 0 Å². The first-order valence-electron chi connectivity index (χ1n) is 2.00. The zero-order chi connectivity index (χ0) is 4.12. The second-order valence-electron chi connectivity index (χ2n) is 1.06. The van der Waals surface area contributed by atoms with E-state index in [1.165, 1.54) is 0 Å². The van der Waals surface area contributed by atoms with Gasteiger partial charge in [0.05, 0.1) is 0 Å². The summed E-state index contributed by atoms with van der Waals surface area (Å²) in [5.41, 5.74) is 0. The van der Waals surface area contributed by atoms with E-state index in [0.29, 0.717) is 0 Å². The first-order chi connectivity index (χ1) is 2.41. The van der Waals surface area contributed by atoms with E-state index in [0.717, 1.165) is 12.8 Å². The van der Waals surface area contributed by atoms with Crippen molar-refractivity contribution in [2.24, 2.45) is 0 Å². The van der Waals surface area contributed by atoms with Gasteiger partial charge in [-0.15, -0.1) is 6.61 Å². The Morgan fingerprint density at radius 3 is 1.62 bits per heavy atom. The smallest absolute Gasteiger partial charge is 1.00 e. The predicted octanol–water partition coefficient (Wildman–Crippen LogP) is -5.85. The van der Waals surface area contributed by atoms with E-state index in [9.17, 15) is 5.11 Å². The SMILES string of the molecule is CCCC[O-].[Cl-].[Cl-].[Ti+3]. The van der Waals surface area contributed by atoms with Gasteiger partial charge in [-0.2, -0.15) is 0 Å². The molecule has 0 heterocycles. The van der Waals surface area contributed by atoms with Crippen molar-refractivity contribution in [2.45, 2.75) is 19.8 Å². The summed E-state index contributed by atoms with van der Waals surface area (Å²) in [6.07, 6.45) is 1.86. The molecule has 0 aromatic carbocycles.